The first-order valence-corrected chi connectivity index (χ1v) is 4.97. The number of ether oxygens (including phenoxy) is 2. The van der Waals surface area contributed by atoms with Gasteiger partial charge in [-0.1, -0.05) is 24.0 Å². The van der Waals surface area contributed by atoms with Crippen LogP contribution in [0.3, 0.4) is 0 Å². The lowest BCUT2D eigenvalue weighted by Crippen LogP contribution is -2.22. The highest BCUT2D eigenvalue weighted by Gasteiger charge is 2.23. The second kappa shape index (κ2) is 5.55. The topological polar surface area (TPSA) is 38.7 Å². The fraction of sp³-hybridized carbons (Fsp3) is 0.385. The minimum absolute atomic E-state index is 0.172. The van der Waals surface area contributed by atoms with Crippen molar-refractivity contribution < 1.29 is 14.6 Å². The lowest BCUT2D eigenvalue weighted by Gasteiger charge is -2.22. The Kier molecular flexibility index (Phi) is 4.36. The third-order valence-corrected chi connectivity index (χ3v) is 2.46. The van der Waals surface area contributed by atoms with Crippen LogP contribution in [0.4, 0.5) is 0 Å². The molecule has 0 saturated heterocycles. The molecule has 1 unspecified atom stereocenters. The number of methoxy groups -OCH3 is 2. The predicted molar refractivity (Wildman–Crippen MR) is 62.2 cm³/mol. The summed E-state index contributed by atoms with van der Waals surface area (Å²) in [5, 5.41) is 8.71. The SMILES string of the molecule is COc1ccc(C(C)(C#CCO)OC)cc1. The van der Waals surface area contributed by atoms with Gasteiger partial charge in [0.25, 0.3) is 0 Å². The molecule has 0 spiro atoms. The van der Waals surface area contributed by atoms with Gasteiger partial charge in [0.15, 0.2) is 5.60 Å². The number of hydrogen-bond donors (Lipinski definition) is 1. The molecule has 0 aliphatic rings. The maximum atomic E-state index is 8.71. The molecule has 0 radical (unpaired) electrons. The summed E-state index contributed by atoms with van der Waals surface area (Å²) in [7, 11) is 3.21. The van der Waals surface area contributed by atoms with E-state index in [0.717, 1.165) is 11.3 Å². The Morgan fingerprint density at radius 3 is 2.31 bits per heavy atom. The quantitative estimate of drug-likeness (QED) is 0.785. The average Bonchev–Trinajstić information content (AvgIpc) is 2.36. The number of benzene rings is 1. The van der Waals surface area contributed by atoms with Gasteiger partial charge in [-0.2, -0.15) is 0 Å². The van der Waals surface area contributed by atoms with Crippen LogP contribution in [-0.4, -0.2) is 25.9 Å². The van der Waals surface area contributed by atoms with Gasteiger partial charge in [-0.05, 0) is 24.6 Å². The van der Waals surface area contributed by atoms with E-state index >= 15 is 0 Å². The van der Waals surface area contributed by atoms with Gasteiger partial charge in [-0.3, -0.25) is 0 Å². The molecule has 0 bridgehead atoms. The highest BCUT2D eigenvalue weighted by atomic mass is 16.5. The van der Waals surface area contributed by atoms with E-state index in [1.54, 1.807) is 14.2 Å². The van der Waals surface area contributed by atoms with Crippen molar-refractivity contribution in [1.82, 2.24) is 0 Å². The molecule has 1 aromatic carbocycles. The second-order valence-electron chi connectivity index (χ2n) is 3.43. The largest absolute Gasteiger partial charge is 0.497 e. The number of rotatable bonds is 3. The van der Waals surface area contributed by atoms with Crippen molar-refractivity contribution in [2.75, 3.05) is 20.8 Å². The Morgan fingerprint density at radius 2 is 1.88 bits per heavy atom. The third-order valence-electron chi connectivity index (χ3n) is 2.46. The van der Waals surface area contributed by atoms with Crippen molar-refractivity contribution in [3.05, 3.63) is 29.8 Å². The molecule has 1 aromatic rings. The van der Waals surface area contributed by atoms with Gasteiger partial charge in [0, 0.05) is 7.11 Å². The van der Waals surface area contributed by atoms with Gasteiger partial charge in [0.05, 0.1) is 7.11 Å². The first kappa shape index (κ1) is 12.6. The Bertz CT molecular complexity index is 386. The molecule has 1 N–H and O–H groups in total. The van der Waals surface area contributed by atoms with Gasteiger partial charge >= 0.3 is 0 Å². The van der Waals surface area contributed by atoms with E-state index < -0.39 is 5.60 Å². The van der Waals surface area contributed by atoms with Crippen molar-refractivity contribution >= 4 is 0 Å². The van der Waals surface area contributed by atoms with Crippen LogP contribution in [-0.2, 0) is 10.3 Å². The third kappa shape index (κ3) is 2.75. The van der Waals surface area contributed by atoms with Gasteiger partial charge in [0.2, 0.25) is 0 Å². The van der Waals surface area contributed by atoms with Crippen LogP contribution >= 0.6 is 0 Å². The van der Waals surface area contributed by atoms with E-state index in [4.69, 9.17) is 14.6 Å². The highest BCUT2D eigenvalue weighted by Crippen LogP contribution is 2.25. The molecule has 1 atom stereocenters. The number of aliphatic hydroxyl groups is 1. The molecule has 0 fully saturated rings. The summed E-state index contributed by atoms with van der Waals surface area (Å²) in [6, 6.07) is 7.50. The van der Waals surface area contributed by atoms with E-state index in [-0.39, 0.29) is 6.61 Å². The first-order valence-electron chi connectivity index (χ1n) is 4.97. The zero-order valence-corrected chi connectivity index (χ0v) is 9.78. The minimum atomic E-state index is -0.699. The summed E-state index contributed by atoms with van der Waals surface area (Å²) < 4.78 is 10.5. The van der Waals surface area contributed by atoms with E-state index in [2.05, 4.69) is 11.8 Å². The van der Waals surface area contributed by atoms with Crippen molar-refractivity contribution in [3.63, 3.8) is 0 Å². The van der Waals surface area contributed by atoms with Crippen molar-refractivity contribution in [2.24, 2.45) is 0 Å². The second-order valence-corrected chi connectivity index (χ2v) is 3.43. The molecular formula is C13H16O3. The maximum absolute atomic E-state index is 8.71. The van der Waals surface area contributed by atoms with Crippen LogP contribution in [0.1, 0.15) is 12.5 Å². The van der Waals surface area contributed by atoms with Crippen molar-refractivity contribution in [1.29, 1.82) is 0 Å². The predicted octanol–water partition coefficient (Wildman–Crippen LogP) is 1.55. The standard InChI is InChI=1S/C13H16O3/c1-13(16-3,9-4-10-14)11-5-7-12(15-2)8-6-11/h5-8,14H,10H2,1-3H3. The van der Waals surface area contributed by atoms with E-state index in [1.165, 1.54) is 0 Å². The maximum Gasteiger partial charge on any atom is 0.151 e. The summed E-state index contributed by atoms with van der Waals surface area (Å²) in [4.78, 5) is 0. The normalized spacial score (nSPS) is 13.5. The molecule has 0 aliphatic carbocycles. The first-order chi connectivity index (χ1) is 7.66. The molecule has 0 amide bonds. The summed E-state index contributed by atoms with van der Waals surface area (Å²) in [5.41, 5.74) is 0.228. The van der Waals surface area contributed by atoms with Crippen LogP contribution in [0.5, 0.6) is 5.75 Å². The fourth-order valence-corrected chi connectivity index (χ4v) is 1.36. The molecule has 1 rings (SSSR count). The van der Waals surface area contributed by atoms with Crippen LogP contribution in [0, 0.1) is 11.8 Å². The van der Waals surface area contributed by atoms with Crippen molar-refractivity contribution in [3.8, 4) is 17.6 Å². The lowest BCUT2D eigenvalue weighted by molar-refractivity contribution is 0.0549. The van der Waals surface area contributed by atoms with E-state index in [1.807, 2.05) is 31.2 Å². The number of hydrogen-bond acceptors (Lipinski definition) is 3. The zero-order valence-electron chi connectivity index (χ0n) is 9.78. The summed E-state index contributed by atoms with van der Waals surface area (Å²) >= 11 is 0. The van der Waals surface area contributed by atoms with Gasteiger partial charge in [-0.25, -0.2) is 0 Å². The lowest BCUT2D eigenvalue weighted by atomic mass is 9.96. The summed E-state index contributed by atoms with van der Waals surface area (Å²) in [6.45, 7) is 1.69. The molecule has 0 aliphatic heterocycles. The van der Waals surface area contributed by atoms with Crippen LogP contribution in [0.2, 0.25) is 0 Å². The average molecular weight is 220 g/mol. The Labute approximate surface area is 96.0 Å². The summed E-state index contributed by atoms with van der Waals surface area (Å²) in [5.74, 6) is 6.29. The molecular weight excluding hydrogens is 204 g/mol. The molecule has 0 saturated carbocycles. The zero-order chi connectivity index (χ0) is 12.0. The monoisotopic (exact) mass is 220 g/mol. The Hall–Kier alpha value is -1.50. The van der Waals surface area contributed by atoms with Crippen LogP contribution < -0.4 is 4.74 Å². The molecule has 3 nitrogen and oxygen atoms in total. The van der Waals surface area contributed by atoms with Crippen LogP contribution in [0.15, 0.2) is 24.3 Å². The molecule has 0 aromatic heterocycles. The molecule has 16 heavy (non-hydrogen) atoms. The van der Waals surface area contributed by atoms with E-state index in [0.29, 0.717) is 0 Å². The number of aliphatic hydroxyl groups excluding tert-OH is 1. The Morgan fingerprint density at radius 1 is 1.25 bits per heavy atom. The molecule has 3 heteroatoms. The van der Waals surface area contributed by atoms with E-state index in [9.17, 15) is 0 Å². The highest BCUT2D eigenvalue weighted by molar-refractivity contribution is 5.35. The smallest absolute Gasteiger partial charge is 0.151 e. The fourth-order valence-electron chi connectivity index (χ4n) is 1.36. The van der Waals surface area contributed by atoms with Gasteiger partial charge in [-0.15, -0.1) is 0 Å². The van der Waals surface area contributed by atoms with Gasteiger partial charge < -0.3 is 14.6 Å². The molecule has 86 valence electrons. The van der Waals surface area contributed by atoms with Crippen molar-refractivity contribution in [2.45, 2.75) is 12.5 Å². The minimum Gasteiger partial charge on any atom is -0.497 e. The molecule has 0 heterocycles. The van der Waals surface area contributed by atoms with Gasteiger partial charge in [0.1, 0.15) is 12.4 Å². The van der Waals surface area contributed by atoms with Crippen LogP contribution in [0.25, 0.3) is 0 Å². The Balaban J connectivity index is 3.03. The summed E-state index contributed by atoms with van der Waals surface area (Å²) in [6.07, 6.45) is 0.